The van der Waals surface area contributed by atoms with Crippen molar-refractivity contribution in [2.45, 2.75) is 6.92 Å². The Balaban J connectivity index is 2.22. The lowest BCUT2D eigenvalue weighted by Gasteiger charge is -2.02. The van der Waals surface area contributed by atoms with Gasteiger partial charge in [-0.3, -0.25) is 0 Å². The first-order valence-electron chi connectivity index (χ1n) is 5.73. The highest BCUT2D eigenvalue weighted by Crippen LogP contribution is 2.37. The van der Waals surface area contributed by atoms with E-state index in [1.54, 1.807) is 30.3 Å². The van der Waals surface area contributed by atoms with Gasteiger partial charge in [0.05, 0.1) is 5.56 Å². The highest BCUT2D eigenvalue weighted by atomic mass is 19.1. The highest BCUT2D eigenvalue weighted by Gasteiger charge is 2.21. The van der Waals surface area contributed by atoms with Gasteiger partial charge in [0.25, 0.3) is 0 Å². The first kappa shape index (κ1) is 11.5. The normalized spacial score (nSPS) is 10.8. The fraction of sp³-hybridized carbons (Fsp3) is 0.0714. The second-order valence-corrected chi connectivity index (χ2v) is 4.16. The van der Waals surface area contributed by atoms with Crippen LogP contribution in [-0.4, -0.2) is 5.16 Å². The summed E-state index contributed by atoms with van der Waals surface area (Å²) in [4.78, 5) is 0. The lowest BCUT2D eigenvalue weighted by atomic mass is 10.0. The molecular weight excluding hydrogens is 247 g/mol. The molecule has 0 radical (unpaired) electrons. The van der Waals surface area contributed by atoms with E-state index in [0.29, 0.717) is 22.6 Å². The molecule has 1 aromatic carbocycles. The van der Waals surface area contributed by atoms with Gasteiger partial charge in [-0.15, -0.1) is 0 Å². The fourth-order valence-electron chi connectivity index (χ4n) is 1.96. The lowest BCUT2D eigenvalue weighted by molar-refractivity contribution is 0.435. The SMILES string of the molecule is Cc1ccc(-c2noc(N)c2-c2ccccc2F)o1. The first-order chi connectivity index (χ1) is 9.16. The smallest absolute Gasteiger partial charge is 0.230 e. The third kappa shape index (κ3) is 1.89. The van der Waals surface area contributed by atoms with Crippen molar-refractivity contribution in [3.8, 4) is 22.6 Å². The third-order valence-corrected chi connectivity index (χ3v) is 2.84. The number of nitrogens with zero attached hydrogens (tertiary/aromatic N) is 1. The number of anilines is 1. The molecule has 19 heavy (non-hydrogen) atoms. The molecule has 0 spiro atoms. The molecule has 0 atom stereocenters. The summed E-state index contributed by atoms with van der Waals surface area (Å²) >= 11 is 0. The Labute approximate surface area is 108 Å². The predicted octanol–water partition coefficient (Wildman–Crippen LogP) is 3.63. The van der Waals surface area contributed by atoms with Gasteiger partial charge >= 0.3 is 0 Å². The molecule has 0 saturated heterocycles. The lowest BCUT2D eigenvalue weighted by Crippen LogP contribution is -1.90. The van der Waals surface area contributed by atoms with Gasteiger partial charge in [0.1, 0.15) is 11.6 Å². The van der Waals surface area contributed by atoms with Crippen LogP contribution in [0.25, 0.3) is 22.6 Å². The molecule has 4 nitrogen and oxygen atoms in total. The van der Waals surface area contributed by atoms with E-state index in [2.05, 4.69) is 5.16 Å². The van der Waals surface area contributed by atoms with Crippen molar-refractivity contribution in [3.63, 3.8) is 0 Å². The monoisotopic (exact) mass is 258 g/mol. The Morgan fingerprint density at radius 2 is 1.95 bits per heavy atom. The Hall–Kier alpha value is -2.56. The number of hydrogen-bond acceptors (Lipinski definition) is 4. The van der Waals surface area contributed by atoms with Crippen LogP contribution in [0.15, 0.2) is 45.3 Å². The number of aromatic nitrogens is 1. The number of halogens is 1. The average Bonchev–Trinajstić information content (AvgIpc) is 2.96. The van der Waals surface area contributed by atoms with Crippen LogP contribution in [0.1, 0.15) is 5.76 Å². The van der Waals surface area contributed by atoms with Gasteiger partial charge in [0.2, 0.25) is 5.88 Å². The largest absolute Gasteiger partial charge is 0.460 e. The Kier molecular flexibility index (Phi) is 2.59. The van der Waals surface area contributed by atoms with E-state index in [-0.39, 0.29) is 11.7 Å². The van der Waals surface area contributed by atoms with Crippen molar-refractivity contribution < 1.29 is 13.3 Å². The summed E-state index contributed by atoms with van der Waals surface area (Å²) in [6, 6.07) is 9.86. The third-order valence-electron chi connectivity index (χ3n) is 2.84. The van der Waals surface area contributed by atoms with Crippen LogP contribution >= 0.6 is 0 Å². The van der Waals surface area contributed by atoms with E-state index in [1.165, 1.54) is 6.07 Å². The summed E-state index contributed by atoms with van der Waals surface area (Å²) in [7, 11) is 0. The van der Waals surface area contributed by atoms with Crippen molar-refractivity contribution in [2.75, 3.05) is 5.73 Å². The van der Waals surface area contributed by atoms with E-state index in [4.69, 9.17) is 14.7 Å². The molecule has 0 amide bonds. The molecule has 5 heteroatoms. The minimum absolute atomic E-state index is 0.0640. The van der Waals surface area contributed by atoms with E-state index >= 15 is 0 Å². The van der Waals surface area contributed by atoms with Gasteiger partial charge in [0, 0.05) is 5.56 Å². The second kappa shape index (κ2) is 4.28. The Morgan fingerprint density at radius 1 is 1.16 bits per heavy atom. The van der Waals surface area contributed by atoms with Gasteiger partial charge in [0.15, 0.2) is 11.5 Å². The number of hydrogen-bond donors (Lipinski definition) is 1. The van der Waals surface area contributed by atoms with Crippen molar-refractivity contribution in [3.05, 3.63) is 48.0 Å². The van der Waals surface area contributed by atoms with Crippen LogP contribution in [0.4, 0.5) is 10.3 Å². The highest BCUT2D eigenvalue weighted by molar-refractivity contribution is 5.85. The Bertz CT molecular complexity index is 731. The molecule has 0 saturated carbocycles. The zero-order valence-corrected chi connectivity index (χ0v) is 10.2. The molecule has 0 aliphatic rings. The summed E-state index contributed by atoms with van der Waals surface area (Å²) < 4.78 is 24.3. The number of furan rings is 1. The Morgan fingerprint density at radius 3 is 2.63 bits per heavy atom. The second-order valence-electron chi connectivity index (χ2n) is 4.16. The number of benzene rings is 1. The van der Waals surface area contributed by atoms with Crippen LogP contribution in [0.3, 0.4) is 0 Å². The van der Waals surface area contributed by atoms with Gasteiger partial charge in [-0.25, -0.2) is 4.39 Å². The number of nitrogen functional groups attached to an aromatic ring is 1. The maximum atomic E-state index is 13.9. The molecule has 2 N–H and O–H groups in total. The van der Waals surface area contributed by atoms with Crippen molar-refractivity contribution in [2.24, 2.45) is 0 Å². The molecule has 96 valence electrons. The standard InChI is InChI=1S/C14H11FN2O2/c1-8-6-7-11(18-8)13-12(14(16)19-17-13)9-4-2-3-5-10(9)15/h2-7H,16H2,1H3. The molecular formula is C14H11FN2O2. The molecule has 2 aromatic heterocycles. The van der Waals surface area contributed by atoms with Crippen LogP contribution in [0.2, 0.25) is 0 Å². The molecule has 3 aromatic rings. The quantitative estimate of drug-likeness (QED) is 0.762. The van der Waals surface area contributed by atoms with Crippen LogP contribution < -0.4 is 5.73 Å². The molecule has 2 heterocycles. The van der Waals surface area contributed by atoms with Crippen molar-refractivity contribution in [1.29, 1.82) is 0 Å². The number of rotatable bonds is 2. The first-order valence-corrected chi connectivity index (χ1v) is 5.73. The van der Waals surface area contributed by atoms with Gasteiger partial charge < -0.3 is 14.7 Å². The zero-order chi connectivity index (χ0) is 13.4. The minimum Gasteiger partial charge on any atom is -0.460 e. The zero-order valence-electron chi connectivity index (χ0n) is 10.2. The van der Waals surface area contributed by atoms with E-state index in [9.17, 15) is 4.39 Å². The molecule has 0 aliphatic carbocycles. The molecule has 0 fully saturated rings. The average molecular weight is 258 g/mol. The molecule has 3 rings (SSSR count). The van der Waals surface area contributed by atoms with Gasteiger partial charge in [-0.2, -0.15) is 0 Å². The number of nitrogens with two attached hydrogens (primary N) is 1. The van der Waals surface area contributed by atoms with Crippen LogP contribution in [0.5, 0.6) is 0 Å². The molecule has 0 unspecified atom stereocenters. The van der Waals surface area contributed by atoms with Crippen molar-refractivity contribution in [1.82, 2.24) is 5.16 Å². The number of aryl methyl sites for hydroxylation is 1. The predicted molar refractivity (Wildman–Crippen MR) is 68.7 cm³/mol. The van der Waals surface area contributed by atoms with Crippen LogP contribution in [0, 0.1) is 12.7 Å². The van der Waals surface area contributed by atoms with E-state index in [1.807, 2.05) is 6.92 Å². The van der Waals surface area contributed by atoms with Gasteiger partial charge in [-0.1, -0.05) is 23.4 Å². The summed E-state index contributed by atoms with van der Waals surface area (Å²) in [6.07, 6.45) is 0. The summed E-state index contributed by atoms with van der Waals surface area (Å²) in [5, 5.41) is 3.86. The van der Waals surface area contributed by atoms with E-state index < -0.39 is 0 Å². The molecule has 0 bridgehead atoms. The van der Waals surface area contributed by atoms with Crippen LogP contribution in [-0.2, 0) is 0 Å². The maximum absolute atomic E-state index is 13.9. The van der Waals surface area contributed by atoms with Crippen molar-refractivity contribution >= 4 is 5.88 Å². The maximum Gasteiger partial charge on any atom is 0.230 e. The van der Waals surface area contributed by atoms with E-state index in [0.717, 1.165) is 5.76 Å². The van der Waals surface area contributed by atoms with Gasteiger partial charge in [-0.05, 0) is 25.1 Å². The topological polar surface area (TPSA) is 65.2 Å². The summed E-state index contributed by atoms with van der Waals surface area (Å²) in [5.41, 5.74) is 6.90. The summed E-state index contributed by atoms with van der Waals surface area (Å²) in [5.74, 6) is 0.906. The summed E-state index contributed by atoms with van der Waals surface area (Å²) in [6.45, 7) is 1.82. The minimum atomic E-state index is -0.387. The fourth-order valence-corrected chi connectivity index (χ4v) is 1.96. The molecule has 0 aliphatic heterocycles.